The number of carbonyl (C=O) groups excluding carboxylic acids is 2. The summed E-state index contributed by atoms with van der Waals surface area (Å²) in [5.74, 6) is -0.408. The number of ketones is 1. The van der Waals surface area contributed by atoms with E-state index in [1.807, 2.05) is 2.71 Å². The Bertz CT molecular complexity index is 194. The van der Waals surface area contributed by atoms with Gasteiger partial charge in [-0.05, 0) is 0 Å². The number of Topliss-reactive ketones (excluding diaryl/α,β-unsaturated/α-hetero) is 1. The van der Waals surface area contributed by atoms with Gasteiger partial charge in [-0.15, -0.1) is 0 Å². The molecule has 1 aliphatic rings. The Balaban J connectivity index is 2.68. The van der Waals surface area contributed by atoms with Crippen LogP contribution < -0.4 is 0 Å². The van der Waals surface area contributed by atoms with E-state index in [2.05, 4.69) is 4.74 Å². The molecule has 0 aromatic heterocycles. The van der Waals surface area contributed by atoms with Gasteiger partial charge in [0.25, 0.3) is 0 Å². The maximum absolute atomic E-state index is 11.1. The Morgan fingerprint density at radius 2 is 2.45 bits per heavy atom. The van der Waals surface area contributed by atoms with Crippen LogP contribution in [0.25, 0.3) is 0 Å². The van der Waals surface area contributed by atoms with Crippen molar-refractivity contribution in [2.75, 3.05) is 13.7 Å². The average Bonchev–Trinajstić information content (AvgIpc) is 2.30. The molecule has 1 aliphatic heterocycles. The third-order valence-corrected chi connectivity index (χ3v) is 3.84. The molecule has 1 heterocycles. The minimum absolute atomic E-state index is 0.000602. The Morgan fingerprint density at radius 1 is 1.82 bits per heavy atom. The molecule has 0 bridgehead atoms. The van der Waals surface area contributed by atoms with E-state index in [1.54, 1.807) is 0 Å². The Morgan fingerprint density at radius 3 is 2.82 bits per heavy atom. The Hall–Kier alpha value is 0.0221. The fraction of sp³-hybridized carbons (Fsp3) is 0.667. The third kappa shape index (κ3) is 1.78. The van der Waals surface area contributed by atoms with E-state index < -0.39 is 12.0 Å². The monoisotopic (exact) mass is 347 g/mol. The van der Waals surface area contributed by atoms with Gasteiger partial charge in [0.2, 0.25) is 0 Å². The molecule has 0 unspecified atom stereocenters. The number of rotatable bonds is 1. The molecule has 5 heteroatoms. The number of methoxy groups -OCH3 is 1. The van der Waals surface area contributed by atoms with Crippen LogP contribution >= 0.6 is 0 Å². The van der Waals surface area contributed by atoms with Crippen molar-refractivity contribution in [3.63, 3.8) is 0 Å². The van der Waals surface area contributed by atoms with E-state index in [4.69, 9.17) is 0 Å². The van der Waals surface area contributed by atoms with Gasteiger partial charge >= 0.3 is 81.0 Å². The molecule has 11 heavy (non-hydrogen) atoms. The first-order valence-corrected chi connectivity index (χ1v) is 5.29. The van der Waals surface area contributed by atoms with Gasteiger partial charge in [0, 0.05) is 0 Å². The molecule has 1 saturated heterocycles. The van der Waals surface area contributed by atoms with Gasteiger partial charge in [0.05, 0.1) is 0 Å². The second-order valence-corrected chi connectivity index (χ2v) is 4.96. The number of hydrogen-bond acceptors (Lipinski definition) is 4. The van der Waals surface area contributed by atoms with Crippen molar-refractivity contribution in [1.82, 2.24) is 2.71 Å². The zero-order chi connectivity index (χ0) is 8.43. The van der Waals surface area contributed by atoms with Crippen molar-refractivity contribution in [3.8, 4) is 0 Å². The van der Waals surface area contributed by atoms with Crippen molar-refractivity contribution < 1.29 is 14.3 Å². The van der Waals surface area contributed by atoms with Crippen LogP contribution in [0, 0.1) is 0 Å². The maximum atomic E-state index is 11.1. The van der Waals surface area contributed by atoms with Gasteiger partial charge in [-0.2, -0.15) is 0 Å². The molecule has 0 N–H and O–H groups in total. The van der Waals surface area contributed by atoms with Crippen LogP contribution in [0.5, 0.6) is 0 Å². The number of esters is 1. The SMILES string of the molecule is COC(=O)[C@@H]1C(=O)CC[N]1[Tl]. The summed E-state index contributed by atoms with van der Waals surface area (Å²) in [5.41, 5.74) is 0. The van der Waals surface area contributed by atoms with Crippen LogP contribution in [-0.4, -0.2) is 60.2 Å². The fourth-order valence-corrected chi connectivity index (χ4v) is 2.69. The average molecular weight is 347 g/mol. The van der Waals surface area contributed by atoms with Crippen LogP contribution in [0.15, 0.2) is 0 Å². The number of ether oxygens (including phenoxy) is 1. The van der Waals surface area contributed by atoms with Gasteiger partial charge in [-0.1, -0.05) is 0 Å². The van der Waals surface area contributed by atoms with Crippen molar-refractivity contribution in [2.24, 2.45) is 0 Å². The summed E-state index contributed by atoms with van der Waals surface area (Å²) < 4.78 is 6.37. The molecule has 0 aromatic rings. The molecule has 1 atom stereocenters. The Kier molecular flexibility index (Phi) is 2.99. The van der Waals surface area contributed by atoms with Gasteiger partial charge in [0.15, 0.2) is 0 Å². The van der Waals surface area contributed by atoms with Gasteiger partial charge in [-0.3, -0.25) is 0 Å². The van der Waals surface area contributed by atoms with Gasteiger partial charge < -0.3 is 0 Å². The first-order valence-electron chi connectivity index (χ1n) is 3.28. The molecular weight excluding hydrogens is 338 g/mol. The van der Waals surface area contributed by atoms with E-state index in [-0.39, 0.29) is 5.78 Å². The molecule has 0 spiro atoms. The van der Waals surface area contributed by atoms with Crippen LogP contribution in [0.4, 0.5) is 0 Å². The first-order chi connectivity index (χ1) is 5.16. The normalized spacial score (nSPS) is 25.5. The summed E-state index contributed by atoms with van der Waals surface area (Å²) in [7, 11) is 1.31. The van der Waals surface area contributed by atoms with E-state index in [1.165, 1.54) is 7.11 Å². The molecule has 0 aliphatic carbocycles. The van der Waals surface area contributed by atoms with E-state index in [0.29, 0.717) is 32.5 Å². The second-order valence-electron chi connectivity index (χ2n) is 2.38. The quantitative estimate of drug-likeness (QED) is 0.343. The molecule has 1 rings (SSSR count). The van der Waals surface area contributed by atoms with Gasteiger partial charge in [-0.25, -0.2) is 0 Å². The van der Waals surface area contributed by atoms with Crippen molar-refractivity contribution in [2.45, 2.75) is 12.5 Å². The van der Waals surface area contributed by atoms with Crippen LogP contribution in [0.1, 0.15) is 6.42 Å². The van der Waals surface area contributed by atoms with Crippen molar-refractivity contribution >= 4 is 37.8 Å². The number of hydrogen-bond donors (Lipinski definition) is 0. The molecule has 58 valence electrons. The number of carbonyl (C=O) groups is 2. The topological polar surface area (TPSA) is 46.6 Å². The predicted octanol–water partition coefficient (Wildman–Crippen LogP) is -1.11. The van der Waals surface area contributed by atoms with Crippen LogP contribution in [-0.2, 0) is 14.3 Å². The first kappa shape index (κ1) is 9.11. The molecule has 0 aromatic carbocycles. The standard InChI is InChI=1S/C6H8NO3.Tl/c1-10-6(9)5-4(8)2-3-7-5;/h5H,2-3H2,1H3;/q-1;+1/t5-;/m0./s1. The van der Waals surface area contributed by atoms with Gasteiger partial charge in [0.1, 0.15) is 0 Å². The number of nitrogens with zero attached hydrogens (tertiary/aromatic N) is 1. The molecule has 4 nitrogen and oxygen atoms in total. The van der Waals surface area contributed by atoms with E-state index >= 15 is 0 Å². The van der Waals surface area contributed by atoms with E-state index in [0.717, 1.165) is 6.54 Å². The summed E-state index contributed by atoms with van der Waals surface area (Å²) in [6.07, 6.45) is 0.496. The molecule has 0 radical (unpaired) electrons. The zero-order valence-electron chi connectivity index (χ0n) is 6.24. The summed E-state index contributed by atoms with van der Waals surface area (Å²) in [6, 6.07) is -0.579. The van der Waals surface area contributed by atoms with Crippen molar-refractivity contribution in [1.29, 1.82) is 0 Å². The summed E-state index contributed by atoms with van der Waals surface area (Å²) >= 11 is 0.538. The fourth-order valence-electron chi connectivity index (χ4n) is 1.07. The van der Waals surface area contributed by atoms with Crippen LogP contribution in [0.2, 0.25) is 0 Å². The zero-order valence-corrected chi connectivity index (χ0v) is 10.7. The molecular formula is C6H8NO3Tl. The summed E-state index contributed by atoms with van der Waals surface area (Å²) in [4.78, 5) is 22.0. The summed E-state index contributed by atoms with van der Waals surface area (Å²) in [5, 5.41) is 0. The Labute approximate surface area is 81.0 Å². The predicted molar refractivity (Wildman–Crippen MR) is 37.9 cm³/mol. The minimum atomic E-state index is -0.579. The van der Waals surface area contributed by atoms with E-state index in [9.17, 15) is 9.59 Å². The van der Waals surface area contributed by atoms with Crippen molar-refractivity contribution in [3.05, 3.63) is 0 Å². The molecule has 0 saturated carbocycles. The molecule has 0 amide bonds. The third-order valence-electron chi connectivity index (χ3n) is 1.68. The second kappa shape index (κ2) is 3.62. The summed E-state index contributed by atoms with van der Waals surface area (Å²) in [6.45, 7) is 0.725. The van der Waals surface area contributed by atoms with Crippen LogP contribution in [0.3, 0.4) is 0 Å². The molecule has 1 fully saturated rings.